The molecule has 0 spiro atoms. The van der Waals surface area contributed by atoms with Crippen molar-refractivity contribution in [3.05, 3.63) is 0 Å². The quantitative estimate of drug-likeness (QED) is 0.684. The van der Waals surface area contributed by atoms with Gasteiger partial charge in [-0.1, -0.05) is 13.8 Å². The summed E-state index contributed by atoms with van der Waals surface area (Å²) in [6.07, 6.45) is -0.443. The fraction of sp³-hybridized carbons (Fsp3) is 0.818. The van der Waals surface area contributed by atoms with Crippen molar-refractivity contribution in [1.29, 1.82) is 0 Å². The largest absolute Gasteiger partial charge is 0.465 e. The molecule has 0 saturated carbocycles. The average Bonchev–Trinajstić information content (AvgIpc) is 2.21. The first kappa shape index (κ1) is 14.9. The van der Waals surface area contributed by atoms with Crippen LogP contribution in [-0.2, 0) is 19.1 Å². The molecule has 0 bridgehead atoms. The van der Waals surface area contributed by atoms with Gasteiger partial charge in [-0.25, -0.2) is 0 Å². The molecule has 94 valence electrons. The van der Waals surface area contributed by atoms with Crippen LogP contribution < -0.4 is 0 Å². The molecule has 0 amide bonds. The van der Waals surface area contributed by atoms with E-state index in [0.29, 0.717) is 0 Å². The summed E-state index contributed by atoms with van der Waals surface area (Å²) in [5.74, 6) is -1.10. The smallest absolute Gasteiger partial charge is 0.302 e. The summed E-state index contributed by atoms with van der Waals surface area (Å²) in [5.41, 5.74) is 0. The standard InChI is InChI=1S/C11H20O5/c1-7(5-12)11(16-10(4)14)8(2)6-15-9(3)13/h7-8,11-12H,5-6H2,1-4H3/t7-,8+,11+/m1/s1. The Morgan fingerprint density at radius 1 is 1.12 bits per heavy atom. The Hall–Kier alpha value is -1.10. The molecule has 0 saturated heterocycles. The van der Waals surface area contributed by atoms with Gasteiger partial charge in [-0.3, -0.25) is 9.59 Å². The molecule has 0 aliphatic rings. The van der Waals surface area contributed by atoms with Crippen molar-refractivity contribution in [2.75, 3.05) is 13.2 Å². The van der Waals surface area contributed by atoms with Gasteiger partial charge in [0.1, 0.15) is 6.10 Å². The zero-order valence-corrected chi connectivity index (χ0v) is 10.2. The van der Waals surface area contributed by atoms with Crippen molar-refractivity contribution in [3.8, 4) is 0 Å². The van der Waals surface area contributed by atoms with Crippen LogP contribution in [0.25, 0.3) is 0 Å². The topological polar surface area (TPSA) is 72.8 Å². The molecule has 0 radical (unpaired) electrons. The van der Waals surface area contributed by atoms with Gasteiger partial charge < -0.3 is 14.6 Å². The number of carbonyl (C=O) groups is 2. The molecule has 0 unspecified atom stereocenters. The predicted molar refractivity (Wildman–Crippen MR) is 57.6 cm³/mol. The van der Waals surface area contributed by atoms with Crippen LogP contribution in [0.4, 0.5) is 0 Å². The van der Waals surface area contributed by atoms with Crippen LogP contribution in [0, 0.1) is 11.8 Å². The fourth-order valence-electron chi connectivity index (χ4n) is 1.43. The Balaban J connectivity index is 4.36. The Morgan fingerprint density at radius 3 is 2.06 bits per heavy atom. The summed E-state index contributed by atoms with van der Waals surface area (Å²) in [6.45, 7) is 6.32. The first-order valence-corrected chi connectivity index (χ1v) is 5.29. The lowest BCUT2D eigenvalue weighted by Crippen LogP contribution is -2.35. The van der Waals surface area contributed by atoms with Crippen molar-refractivity contribution < 1.29 is 24.2 Å². The van der Waals surface area contributed by atoms with Gasteiger partial charge in [0.25, 0.3) is 0 Å². The average molecular weight is 232 g/mol. The fourth-order valence-corrected chi connectivity index (χ4v) is 1.43. The lowest BCUT2D eigenvalue weighted by molar-refractivity contribution is -0.156. The maximum atomic E-state index is 10.9. The van der Waals surface area contributed by atoms with E-state index in [1.54, 1.807) is 6.92 Å². The molecule has 1 N–H and O–H groups in total. The second kappa shape index (κ2) is 7.22. The molecule has 3 atom stereocenters. The molecule has 5 nitrogen and oxygen atoms in total. The van der Waals surface area contributed by atoms with Gasteiger partial charge in [-0.15, -0.1) is 0 Å². The molecule has 0 aromatic heterocycles. The second-order valence-corrected chi connectivity index (χ2v) is 4.01. The van der Waals surface area contributed by atoms with Crippen LogP contribution in [0.1, 0.15) is 27.7 Å². The summed E-state index contributed by atoms with van der Waals surface area (Å²) in [5, 5.41) is 9.05. The van der Waals surface area contributed by atoms with Crippen LogP contribution in [0.5, 0.6) is 0 Å². The predicted octanol–water partition coefficient (Wildman–Crippen LogP) is 0.746. The maximum Gasteiger partial charge on any atom is 0.302 e. The van der Waals surface area contributed by atoms with Gasteiger partial charge in [0.15, 0.2) is 0 Å². The van der Waals surface area contributed by atoms with E-state index in [-0.39, 0.29) is 31.0 Å². The van der Waals surface area contributed by atoms with E-state index in [9.17, 15) is 9.59 Å². The second-order valence-electron chi connectivity index (χ2n) is 4.01. The van der Waals surface area contributed by atoms with Gasteiger partial charge in [0.2, 0.25) is 0 Å². The molecular formula is C11H20O5. The number of aliphatic hydroxyl groups excluding tert-OH is 1. The molecule has 0 rings (SSSR count). The monoisotopic (exact) mass is 232 g/mol. The van der Waals surface area contributed by atoms with Crippen molar-refractivity contribution in [1.82, 2.24) is 0 Å². The molecule has 0 aromatic rings. The normalized spacial score (nSPS) is 16.1. The number of aliphatic hydroxyl groups is 1. The van der Waals surface area contributed by atoms with E-state index >= 15 is 0 Å². The molecule has 0 aromatic carbocycles. The van der Waals surface area contributed by atoms with Gasteiger partial charge >= 0.3 is 11.9 Å². The highest BCUT2D eigenvalue weighted by Gasteiger charge is 2.26. The van der Waals surface area contributed by atoms with Crippen molar-refractivity contribution in [2.24, 2.45) is 11.8 Å². The van der Waals surface area contributed by atoms with E-state index in [0.717, 1.165) is 0 Å². The molecule has 5 heteroatoms. The molecule has 16 heavy (non-hydrogen) atoms. The summed E-state index contributed by atoms with van der Waals surface area (Å²) in [4.78, 5) is 21.6. The van der Waals surface area contributed by atoms with Crippen LogP contribution in [0.15, 0.2) is 0 Å². The minimum atomic E-state index is -0.443. The highest BCUT2D eigenvalue weighted by Crippen LogP contribution is 2.17. The number of rotatable bonds is 6. The van der Waals surface area contributed by atoms with Gasteiger partial charge in [0.05, 0.1) is 6.61 Å². The van der Waals surface area contributed by atoms with Crippen molar-refractivity contribution in [3.63, 3.8) is 0 Å². The van der Waals surface area contributed by atoms with Crippen molar-refractivity contribution in [2.45, 2.75) is 33.8 Å². The Bertz CT molecular complexity index is 239. The first-order chi connectivity index (χ1) is 7.38. The maximum absolute atomic E-state index is 10.9. The Kier molecular flexibility index (Phi) is 6.72. The van der Waals surface area contributed by atoms with Gasteiger partial charge in [0, 0.05) is 32.3 Å². The minimum Gasteiger partial charge on any atom is -0.465 e. The zero-order valence-electron chi connectivity index (χ0n) is 10.2. The van der Waals surface area contributed by atoms with Crippen LogP contribution >= 0.6 is 0 Å². The van der Waals surface area contributed by atoms with E-state index in [1.165, 1.54) is 13.8 Å². The highest BCUT2D eigenvalue weighted by molar-refractivity contribution is 5.66. The van der Waals surface area contributed by atoms with Crippen LogP contribution in [-0.4, -0.2) is 36.4 Å². The summed E-state index contributed by atoms with van der Waals surface area (Å²) in [6, 6.07) is 0. The van der Waals surface area contributed by atoms with Crippen LogP contribution in [0.3, 0.4) is 0 Å². The molecule has 0 fully saturated rings. The summed E-state index contributed by atoms with van der Waals surface area (Å²) < 4.78 is 9.96. The minimum absolute atomic E-state index is 0.0810. The van der Waals surface area contributed by atoms with Crippen molar-refractivity contribution >= 4 is 11.9 Å². The van der Waals surface area contributed by atoms with E-state index < -0.39 is 12.1 Å². The third-order valence-electron chi connectivity index (χ3n) is 2.26. The third kappa shape index (κ3) is 5.70. The number of hydrogen-bond donors (Lipinski definition) is 1. The lowest BCUT2D eigenvalue weighted by Gasteiger charge is -2.27. The lowest BCUT2D eigenvalue weighted by atomic mass is 9.94. The number of carbonyl (C=O) groups excluding carboxylic acids is 2. The van der Waals surface area contributed by atoms with E-state index in [4.69, 9.17) is 14.6 Å². The number of ether oxygens (including phenoxy) is 2. The van der Waals surface area contributed by atoms with E-state index in [2.05, 4.69) is 0 Å². The molecular weight excluding hydrogens is 212 g/mol. The SMILES string of the molecule is CC(=O)OC[C@H](C)[C@@H](OC(C)=O)[C@H](C)CO. The van der Waals surface area contributed by atoms with E-state index in [1.807, 2.05) is 6.92 Å². The summed E-state index contributed by atoms with van der Waals surface area (Å²) in [7, 11) is 0. The molecule has 0 aliphatic heterocycles. The number of hydrogen-bond acceptors (Lipinski definition) is 5. The Labute approximate surface area is 95.7 Å². The number of esters is 2. The van der Waals surface area contributed by atoms with Crippen LogP contribution in [0.2, 0.25) is 0 Å². The molecule has 0 aliphatic carbocycles. The van der Waals surface area contributed by atoms with Gasteiger partial charge in [-0.05, 0) is 0 Å². The zero-order chi connectivity index (χ0) is 12.7. The Morgan fingerprint density at radius 2 is 1.69 bits per heavy atom. The van der Waals surface area contributed by atoms with Gasteiger partial charge in [-0.2, -0.15) is 0 Å². The summed E-state index contributed by atoms with van der Waals surface area (Å²) >= 11 is 0. The third-order valence-corrected chi connectivity index (χ3v) is 2.26. The molecule has 0 heterocycles. The first-order valence-electron chi connectivity index (χ1n) is 5.29. The highest BCUT2D eigenvalue weighted by atomic mass is 16.6.